The molecular formula is C9H11N3. The first-order valence-electron chi connectivity index (χ1n) is 4.14. The second kappa shape index (κ2) is 3.34. The van der Waals surface area contributed by atoms with Crippen LogP contribution in [0.2, 0.25) is 0 Å². The molecule has 0 aromatic carbocycles. The van der Waals surface area contributed by atoms with Crippen molar-refractivity contribution in [3.8, 4) is 0 Å². The van der Waals surface area contributed by atoms with E-state index in [1.807, 2.05) is 12.1 Å². The summed E-state index contributed by atoms with van der Waals surface area (Å²) in [5.41, 5.74) is 0. The minimum absolute atomic E-state index is 0.957. The molecule has 0 aliphatic carbocycles. The van der Waals surface area contributed by atoms with Crippen LogP contribution in [0, 0.1) is 0 Å². The summed E-state index contributed by atoms with van der Waals surface area (Å²) >= 11 is 0. The topological polar surface area (TPSA) is 29.0 Å². The molecule has 0 saturated heterocycles. The average Bonchev–Trinajstić information content (AvgIpc) is 2.21. The fourth-order valence-electron chi connectivity index (χ4n) is 1.31. The Morgan fingerprint density at radius 1 is 1.33 bits per heavy atom. The largest absolute Gasteiger partial charge is 0.351 e. The van der Waals surface area contributed by atoms with E-state index >= 15 is 0 Å². The lowest BCUT2D eigenvalue weighted by Gasteiger charge is -2.23. The summed E-state index contributed by atoms with van der Waals surface area (Å²) in [5.74, 6) is 0.974. The minimum Gasteiger partial charge on any atom is -0.351 e. The Kier molecular flexibility index (Phi) is 2.03. The monoisotopic (exact) mass is 161 g/mol. The second-order valence-corrected chi connectivity index (χ2v) is 2.79. The molecule has 3 nitrogen and oxygen atoms in total. The summed E-state index contributed by atoms with van der Waals surface area (Å²) in [5, 5.41) is 7.89. The lowest BCUT2D eigenvalue weighted by atomic mass is 10.2. The zero-order valence-electron chi connectivity index (χ0n) is 6.85. The van der Waals surface area contributed by atoms with Crippen LogP contribution in [0.1, 0.15) is 6.42 Å². The summed E-state index contributed by atoms with van der Waals surface area (Å²) in [4.78, 5) is 2.22. The molecule has 2 heterocycles. The van der Waals surface area contributed by atoms with Gasteiger partial charge < -0.3 is 4.90 Å². The first-order valence-corrected chi connectivity index (χ1v) is 4.14. The summed E-state index contributed by atoms with van der Waals surface area (Å²) in [6.45, 7) is 2.01. The molecule has 1 aliphatic heterocycles. The summed E-state index contributed by atoms with van der Waals surface area (Å²) in [6.07, 6.45) is 7.17. The van der Waals surface area contributed by atoms with Crippen LogP contribution < -0.4 is 4.90 Å². The van der Waals surface area contributed by atoms with Gasteiger partial charge in [0.2, 0.25) is 0 Å². The highest BCUT2D eigenvalue weighted by molar-refractivity contribution is 5.38. The van der Waals surface area contributed by atoms with Crippen LogP contribution >= 0.6 is 0 Å². The quantitative estimate of drug-likeness (QED) is 0.580. The highest BCUT2D eigenvalue weighted by Gasteiger charge is 2.07. The maximum atomic E-state index is 4.04. The number of nitrogens with zero attached hydrogens (tertiary/aromatic N) is 3. The van der Waals surface area contributed by atoms with Crippen LogP contribution in [0.4, 0.5) is 5.82 Å². The van der Waals surface area contributed by atoms with E-state index in [4.69, 9.17) is 0 Å². The fourth-order valence-corrected chi connectivity index (χ4v) is 1.31. The number of anilines is 1. The Balaban J connectivity index is 2.15. The van der Waals surface area contributed by atoms with Crippen molar-refractivity contribution < 1.29 is 0 Å². The van der Waals surface area contributed by atoms with E-state index in [2.05, 4.69) is 27.2 Å². The van der Waals surface area contributed by atoms with Crippen molar-refractivity contribution in [1.82, 2.24) is 10.2 Å². The highest BCUT2D eigenvalue weighted by atomic mass is 15.3. The zero-order chi connectivity index (χ0) is 8.23. The molecule has 0 spiro atoms. The molecule has 0 bridgehead atoms. The third-order valence-electron chi connectivity index (χ3n) is 1.94. The molecule has 0 fully saturated rings. The zero-order valence-corrected chi connectivity index (χ0v) is 6.85. The molecular weight excluding hydrogens is 150 g/mol. The van der Waals surface area contributed by atoms with Gasteiger partial charge in [-0.1, -0.05) is 12.2 Å². The lowest BCUT2D eigenvalue weighted by molar-refractivity contribution is 0.791. The van der Waals surface area contributed by atoms with E-state index < -0.39 is 0 Å². The van der Waals surface area contributed by atoms with Crippen molar-refractivity contribution in [3.05, 3.63) is 30.5 Å². The van der Waals surface area contributed by atoms with Gasteiger partial charge in [-0.2, -0.15) is 5.10 Å². The molecule has 1 aliphatic rings. The third-order valence-corrected chi connectivity index (χ3v) is 1.94. The number of aromatic nitrogens is 2. The van der Waals surface area contributed by atoms with E-state index in [1.165, 1.54) is 0 Å². The van der Waals surface area contributed by atoms with Crippen molar-refractivity contribution in [2.75, 3.05) is 18.0 Å². The van der Waals surface area contributed by atoms with Crippen LogP contribution in [0.15, 0.2) is 30.5 Å². The fraction of sp³-hybridized carbons (Fsp3) is 0.333. The van der Waals surface area contributed by atoms with Crippen LogP contribution in [-0.2, 0) is 0 Å². The molecule has 62 valence electrons. The molecule has 2 rings (SSSR count). The normalized spacial score (nSPS) is 16.5. The smallest absolute Gasteiger partial charge is 0.151 e. The number of rotatable bonds is 1. The average molecular weight is 161 g/mol. The van der Waals surface area contributed by atoms with E-state index in [9.17, 15) is 0 Å². The van der Waals surface area contributed by atoms with Crippen molar-refractivity contribution in [1.29, 1.82) is 0 Å². The van der Waals surface area contributed by atoms with Crippen LogP contribution in [0.25, 0.3) is 0 Å². The molecule has 0 unspecified atom stereocenters. The van der Waals surface area contributed by atoms with E-state index in [0.717, 1.165) is 25.3 Å². The van der Waals surface area contributed by atoms with Gasteiger partial charge in [-0.15, -0.1) is 5.10 Å². The Morgan fingerprint density at radius 3 is 3.00 bits per heavy atom. The van der Waals surface area contributed by atoms with Gasteiger partial charge in [-0.05, 0) is 18.6 Å². The van der Waals surface area contributed by atoms with Crippen molar-refractivity contribution >= 4 is 5.82 Å². The molecule has 0 atom stereocenters. The maximum Gasteiger partial charge on any atom is 0.151 e. The Morgan fingerprint density at radius 2 is 2.33 bits per heavy atom. The van der Waals surface area contributed by atoms with E-state index in [0.29, 0.717) is 0 Å². The van der Waals surface area contributed by atoms with Crippen LogP contribution in [-0.4, -0.2) is 23.3 Å². The molecule has 0 radical (unpaired) electrons. The molecule has 1 aromatic rings. The van der Waals surface area contributed by atoms with Gasteiger partial charge in [-0.25, -0.2) is 0 Å². The molecule has 3 heteroatoms. The molecule has 1 aromatic heterocycles. The van der Waals surface area contributed by atoms with Crippen LogP contribution in [0.3, 0.4) is 0 Å². The SMILES string of the molecule is C1=CCN(c2cccnn2)CC1. The molecule has 0 saturated carbocycles. The molecule has 12 heavy (non-hydrogen) atoms. The Hall–Kier alpha value is -1.38. The number of hydrogen-bond donors (Lipinski definition) is 0. The summed E-state index contributed by atoms with van der Waals surface area (Å²) in [6, 6.07) is 3.91. The van der Waals surface area contributed by atoms with Gasteiger partial charge in [0.15, 0.2) is 5.82 Å². The van der Waals surface area contributed by atoms with Gasteiger partial charge in [0.05, 0.1) is 0 Å². The van der Waals surface area contributed by atoms with Gasteiger partial charge in [0.25, 0.3) is 0 Å². The highest BCUT2D eigenvalue weighted by Crippen LogP contribution is 2.11. The van der Waals surface area contributed by atoms with E-state index in [1.54, 1.807) is 6.20 Å². The maximum absolute atomic E-state index is 4.04. The Labute approximate surface area is 71.7 Å². The first kappa shape index (κ1) is 7.28. The number of hydrogen-bond acceptors (Lipinski definition) is 3. The van der Waals surface area contributed by atoms with Crippen LogP contribution in [0.5, 0.6) is 0 Å². The lowest BCUT2D eigenvalue weighted by Crippen LogP contribution is -2.27. The van der Waals surface area contributed by atoms with E-state index in [-0.39, 0.29) is 0 Å². The predicted octanol–water partition coefficient (Wildman–Crippen LogP) is 1.24. The van der Waals surface area contributed by atoms with Gasteiger partial charge in [0.1, 0.15) is 0 Å². The van der Waals surface area contributed by atoms with Gasteiger partial charge in [-0.3, -0.25) is 0 Å². The first-order chi connectivity index (χ1) is 5.97. The summed E-state index contributed by atoms with van der Waals surface area (Å²) in [7, 11) is 0. The van der Waals surface area contributed by atoms with Gasteiger partial charge >= 0.3 is 0 Å². The van der Waals surface area contributed by atoms with Crippen molar-refractivity contribution in [2.45, 2.75) is 6.42 Å². The standard InChI is InChI=1S/C9H11N3/c1-2-7-12(8-3-1)9-5-4-6-10-11-9/h1-2,4-6H,3,7-8H2. The molecule has 0 N–H and O–H groups in total. The summed E-state index contributed by atoms with van der Waals surface area (Å²) < 4.78 is 0. The van der Waals surface area contributed by atoms with Crippen molar-refractivity contribution in [3.63, 3.8) is 0 Å². The minimum atomic E-state index is 0.957. The van der Waals surface area contributed by atoms with Crippen molar-refractivity contribution in [2.24, 2.45) is 0 Å². The second-order valence-electron chi connectivity index (χ2n) is 2.79. The third kappa shape index (κ3) is 1.44. The van der Waals surface area contributed by atoms with Gasteiger partial charge in [0, 0.05) is 19.3 Å². The predicted molar refractivity (Wildman–Crippen MR) is 48.0 cm³/mol. The Bertz CT molecular complexity index is 268. The molecule has 0 amide bonds.